The molecule has 1 aliphatic rings. The predicted octanol–water partition coefficient (Wildman–Crippen LogP) is 1.79. The smallest absolute Gasteiger partial charge is 0.240 e. The number of morpholine rings is 1. The van der Waals surface area contributed by atoms with Crippen molar-refractivity contribution in [3.8, 4) is 0 Å². The van der Waals surface area contributed by atoms with Crippen LogP contribution in [0.4, 0.5) is 5.69 Å². The van der Waals surface area contributed by atoms with Crippen LogP contribution in [-0.4, -0.2) is 62.7 Å². The minimum atomic E-state index is -0.253. The highest BCUT2D eigenvalue weighted by atomic mass is 35.5. The molecule has 8 heteroatoms. The molecule has 0 saturated carbocycles. The quantitative estimate of drug-likeness (QED) is 0.825. The van der Waals surface area contributed by atoms with E-state index in [-0.39, 0.29) is 18.4 Å². The Morgan fingerprint density at radius 3 is 2.42 bits per heavy atom. The number of hydrogen-bond acceptors (Lipinski definition) is 4. The van der Waals surface area contributed by atoms with Crippen LogP contribution in [0.2, 0.25) is 10.0 Å². The van der Waals surface area contributed by atoms with E-state index in [1.807, 2.05) is 0 Å². The van der Waals surface area contributed by atoms with Gasteiger partial charge < -0.3 is 15.0 Å². The number of benzene rings is 1. The Bertz CT molecular complexity index is 572. The van der Waals surface area contributed by atoms with Crippen molar-refractivity contribution >= 4 is 40.7 Å². The van der Waals surface area contributed by atoms with E-state index in [0.717, 1.165) is 32.8 Å². The second kappa shape index (κ2) is 9.22. The lowest BCUT2D eigenvalue weighted by Crippen LogP contribution is -2.44. The van der Waals surface area contributed by atoms with Crippen LogP contribution >= 0.6 is 23.2 Å². The summed E-state index contributed by atoms with van der Waals surface area (Å²) in [6.07, 6.45) is 0. The van der Waals surface area contributed by atoms with Gasteiger partial charge in [-0.2, -0.15) is 0 Å². The second-order valence-electron chi connectivity index (χ2n) is 5.54. The zero-order valence-electron chi connectivity index (χ0n) is 13.6. The first-order chi connectivity index (χ1) is 11.5. The van der Waals surface area contributed by atoms with Crippen LogP contribution in [0.1, 0.15) is 6.92 Å². The van der Waals surface area contributed by atoms with Crippen molar-refractivity contribution in [2.45, 2.75) is 6.92 Å². The summed E-state index contributed by atoms with van der Waals surface area (Å²) >= 11 is 11.9. The monoisotopic (exact) mass is 373 g/mol. The molecular weight excluding hydrogens is 353 g/mol. The minimum absolute atomic E-state index is 0.0743. The maximum absolute atomic E-state index is 12.1. The molecule has 0 radical (unpaired) electrons. The fourth-order valence-corrected chi connectivity index (χ4v) is 2.97. The Kier molecular flexibility index (Phi) is 7.30. The highest BCUT2D eigenvalue weighted by molar-refractivity contribution is 6.35. The molecule has 0 aliphatic carbocycles. The Morgan fingerprint density at radius 1 is 1.21 bits per heavy atom. The van der Waals surface area contributed by atoms with Gasteiger partial charge in [-0.3, -0.25) is 14.5 Å². The van der Waals surface area contributed by atoms with E-state index in [4.69, 9.17) is 27.9 Å². The number of rotatable bonds is 6. The molecule has 0 unspecified atom stereocenters. The van der Waals surface area contributed by atoms with Gasteiger partial charge in [0.1, 0.15) is 6.54 Å². The van der Waals surface area contributed by atoms with Crippen molar-refractivity contribution in [2.75, 3.05) is 50.8 Å². The van der Waals surface area contributed by atoms with Crippen LogP contribution in [-0.2, 0) is 14.3 Å². The maximum atomic E-state index is 12.1. The van der Waals surface area contributed by atoms with E-state index in [1.165, 1.54) is 11.8 Å². The van der Waals surface area contributed by atoms with Gasteiger partial charge in [-0.05, 0) is 18.2 Å². The van der Waals surface area contributed by atoms with Gasteiger partial charge in [0, 0.05) is 48.8 Å². The number of carbonyl (C=O) groups excluding carboxylic acids is 2. The van der Waals surface area contributed by atoms with Gasteiger partial charge in [0.05, 0.1) is 13.2 Å². The van der Waals surface area contributed by atoms with Crippen LogP contribution in [0.25, 0.3) is 0 Å². The summed E-state index contributed by atoms with van der Waals surface area (Å²) in [5.41, 5.74) is 0.503. The first-order valence-corrected chi connectivity index (χ1v) is 8.52. The molecule has 1 aromatic carbocycles. The molecule has 24 heavy (non-hydrogen) atoms. The second-order valence-corrected chi connectivity index (χ2v) is 6.41. The highest BCUT2D eigenvalue weighted by Gasteiger charge is 2.17. The summed E-state index contributed by atoms with van der Waals surface area (Å²) in [6, 6.07) is 4.79. The summed E-state index contributed by atoms with van der Waals surface area (Å²) < 4.78 is 5.28. The SMILES string of the molecule is CC(=O)N(CC(=O)NCCN1CCOCC1)c1cc(Cl)cc(Cl)c1. The molecule has 1 aliphatic heterocycles. The van der Waals surface area contributed by atoms with Gasteiger partial charge in [-0.25, -0.2) is 0 Å². The van der Waals surface area contributed by atoms with E-state index < -0.39 is 0 Å². The molecule has 2 rings (SSSR count). The fraction of sp³-hybridized carbons (Fsp3) is 0.500. The molecule has 0 bridgehead atoms. The third-order valence-corrected chi connectivity index (χ3v) is 4.13. The van der Waals surface area contributed by atoms with Crippen molar-refractivity contribution in [3.05, 3.63) is 28.2 Å². The van der Waals surface area contributed by atoms with Gasteiger partial charge in [0.15, 0.2) is 0 Å². The normalized spacial score (nSPS) is 15.1. The minimum Gasteiger partial charge on any atom is -0.379 e. The Labute approximate surface area is 151 Å². The molecule has 1 aromatic rings. The summed E-state index contributed by atoms with van der Waals surface area (Å²) in [5, 5.41) is 3.66. The first-order valence-electron chi connectivity index (χ1n) is 7.76. The van der Waals surface area contributed by atoms with Gasteiger partial charge in [-0.15, -0.1) is 0 Å². The van der Waals surface area contributed by atoms with E-state index >= 15 is 0 Å². The van der Waals surface area contributed by atoms with E-state index in [9.17, 15) is 9.59 Å². The number of hydrogen-bond donors (Lipinski definition) is 1. The molecule has 0 spiro atoms. The van der Waals surface area contributed by atoms with Gasteiger partial charge >= 0.3 is 0 Å². The van der Waals surface area contributed by atoms with Crippen LogP contribution in [0.3, 0.4) is 0 Å². The van der Waals surface area contributed by atoms with Crippen molar-refractivity contribution in [2.24, 2.45) is 0 Å². The number of anilines is 1. The van der Waals surface area contributed by atoms with Crippen LogP contribution in [0.5, 0.6) is 0 Å². The number of amides is 2. The topological polar surface area (TPSA) is 61.9 Å². The maximum Gasteiger partial charge on any atom is 0.240 e. The lowest BCUT2D eigenvalue weighted by atomic mass is 10.2. The van der Waals surface area contributed by atoms with E-state index in [0.29, 0.717) is 22.3 Å². The molecule has 132 valence electrons. The third kappa shape index (κ3) is 5.94. The zero-order valence-corrected chi connectivity index (χ0v) is 15.1. The number of nitrogens with zero attached hydrogens (tertiary/aromatic N) is 2. The molecule has 1 N–H and O–H groups in total. The first kappa shape index (κ1) is 19.0. The van der Waals surface area contributed by atoms with Gasteiger partial charge in [-0.1, -0.05) is 23.2 Å². The van der Waals surface area contributed by atoms with Crippen molar-refractivity contribution < 1.29 is 14.3 Å². The van der Waals surface area contributed by atoms with Gasteiger partial charge in [0.25, 0.3) is 0 Å². The molecule has 2 amide bonds. The van der Waals surface area contributed by atoms with Crippen LogP contribution in [0, 0.1) is 0 Å². The molecule has 1 saturated heterocycles. The van der Waals surface area contributed by atoms with Gasteiger partial charge in [0.2, 0.25) is 11.8 Å². The summed E-state index contributed by atoms with van der Waals surface area (Å²) in [4.78, 5) is 27.6. The number of halogens is 2. The number of nitrogens with one attached hydrogen (secondary N) is 1. The Morgan fingerprint density at radius 2 is 1.83 bits per heavy atom. The molecule has 0 aromatic heterocycles. The Balaban J connectivity index is 1.87. The summed E-state index contributed by atoms with van der Waals surface area (Å²) in [5.74, 6) is -0.480. The Hall–Kier alpha value is -1.34. The van der Waals surface area contributed by atoms with Crippen molar-refractivity contribution in [1.82, 2.24) is 10.2 Å². The molecule has 6 nitrogen and oxygen atoms in total. The lowest BCUT2D eigenvalue weighted by Gasteiger charge is -2.26. The number of ether oxygens (including phenoxy) is 1. The molecular formula is C16H21Cl2N3O3. The van der Waals surface area contributed by atoms with Crippen LogP contribution < -0.4 is 10.2 Å². The average Bonchev–Trinajstić information content (AvgIpc) is 2.52. The lowest BCUT2D eigenvalue weighted by molar-refractivity contribution is -0.123. The summed E-state index contributed by atoms with van der Waals surface area (Å²) in [6.45, 7) is 5.81. The number of carbonyl (C=O) groups is 2. The largest absolute Gasteiger partial charge is 0.379 e. The predicted molar refractivity (Wildman–Crippen MR) is 94.8 cm³/mol. The molecule has 1 fully saturated rings. The summed E-state index contributed by atoms with van der Waals surface area (Å²) in [7, 11) is 0. The van der Waals surface area contributed by atoms with Crippen LogP contribution in [0.15, 0.2) is 18.2 Å². The third-order valence-electron chi connectivity index (χ3n) is 3.69. The standard InChI is InChI=1S/C16H21Cl2N3O3/c1-12(22)21(15-9-13(17)8-14(18)10-15)11-16(23)19-2-3-20-4-6-24-7-5-20/h8-10H,2-7,11H2,1H3,(H,19,23). The average molecular weight is 374 g/mol. The highest BCUT2D eigenvalue weighted by Crippen LogP contribution is 2.25. The van der Waals surface area contributed by atoms with Crippen molar-refractivity contribution in [1.29, 1.82) is 0 Å². The van der Waals surface area contributed by atoms with E-state index in [2.05, 4.69) is 10.2 Å². The van der Waals surface area contributed by atoms with E-state index in [1.54, 1.807) is 18.2 Å². The molecule has 0 atom stereocenters. The van der Waals surface area contributed by atoms with Crippen molar-refractivity contribution in [3.63, 3.8) is 0 Å². The molecule has 1 heterocycles. The zero-order chi connectivity index (χ0) is 17.5. The fourth-order valence-electron chi connectivity index (χ4n) is 2.46.